The molecule has 0 aliphatic carbocycles. The van der Waals surface area contributed by atoms with E-state index in [4.69, 9.17) is 16.3 Å². The molecular formula is C14H19ClN2O3. The van der Waals surface area contributed by atoms with Gasteiger partial charge in [0, 0.05) is 17.3 Å². The SMILES string of the molecule is Cc1cc(NC(=O)N[C@@]2(CO)CCOC2)cc(C)c1Cl. The van der Waals surface area contributed by atoms with E-state index in [1.54, 1.807) is 0 Å². The topological polar surface area (TPSA) is 70.6 Å². The lowest BCUT2D eigenvalue weighted by Gasteiger charge is -2.26. The van der Waals surface area contributed by atoms with Gasteiger partial charge >= 0.3 is 6.03 Å². The first-order valence-corrected chi connectivity index (χ1v) is 6.88. The van der Waals surface area contributed by atoms with Gasteiger partial charge in [0.1, 0.15) is 0 Å². The van der Waals surface area contributed by atoms with Crippen molar-refractivity contribution in [1.29, 1.82) is 0 Å². The van der Waals surface area contributed by atoms with Crippen LogP contribution in [0.4, 0.5) is 10.5 Å². The molecule has 1 heterocycles. The number of ether oxygens (including phenoxy) is 1. The predicted molar refractivity (Wildman–Crippen MR) is 78.3 cm³/mol. The summed E-state index contributed by atoms with van der Waals surface area (Å²) in [5.74, 6) is 0. The number of carbonyl (C=O) groups is 1. The number of aliphatic hydroxyl groups excluding tert-OH is 1. The van der Waals surface area contributed by atoms with Crippen molar-refractivity contribution in [2.45, 2.75) is 25.8 Å². The standard InChI is InChI=1S/C14H19ClN2O3/c1-9-5-11(6-10(2)12(9)15)16-13(19)17-14(7-18)3-4-20-8-14/h5-6,18H,3-4,7-8H2,1-2H3,(H2,16,17,19)/t14-/m1/s1. The van der Waals surface area contributed by atoms with Crippen LogP contribution >= 0.6 is 11.6 Å². The number of amides is 2. The average Bonchev–Trinajstić information content (AvgIpc) is 2.84. The highest BCUT2D eigenvalue weighted by atomic mass is 35.5. The van der Waals surface area contributed by atoms with Crippen LogP contribution in [0.3, 0.4) is 0 Å². The highest BCUT2D eigenvalue weighted by Gasteiger charge is 2.35. The van der Waals surface area contributed by atoms with Gasteiger partial charge in [-0.05, 0) is 43.5 Å². The summed E-state index contributed by atoms with van der Waals surface area (Å²) in [4.78, 5) is 12.0. The lowest BCUT2D eigenvalue weighted by molar-refractivity contribution is 0.126. The third-order valence-corrected chi connectivity index (χ3v) is 4.08. The van der Waals surface area contributed by atoms with Crippen LogP contribution in [0.2, 0.25) is 5.02 Å². The number of nitrogens with one attached hydrogen (secondary N) is 2. The van der Waals surface area contributed by atoms with E-state index in [2.05, 4.69) is 10.6 Å². The van der Waals surface area contributed by atoms with Crippen molar-refractivity contribution >= 4 is 23.3 Å². The van der Waals surface area contributed by atoms with E-state index in [1.165, 1.54) is 0 Å². The molecule has 1 atom stereocenters. The first kappa shape index (κ1) is 15.1. The smallest absolute Gasteiger partial charge is 0.319 e. The Kier molecular flexibility index (Phi) is 4.52. The maximum atomic E-state index is 12.0. The Hall–Kier alpha value is -1.30. The van der Waals surface area contributed by atoms with Crippen LogP contribution in [0.1, 0.15) is 17.5 Å². The molecule has 3 N–H and O–H groups in total. The molecule has 0 saturated carbocycles. The number of hydrogen-bond donors (Lipinski definition) is 3. The molecule has 1 aromatic carbocycles. The maximum Gasteiger partial charge on any atom is 0.319 e. The molecule has 1 aromatic rings. The second kappa shape index (κ2) is 5.99. The zero-order valence-electron chi connectivity index (χ0n) is 11.6. The minimum Gasteiger partial charge on any atom is -0.394 e. The van der Waals surface area contributed by atoms with Gasteiger partial charge in [-0.2, -0.15) is 0 Å². The molecule has 0 bridgehead atoms. The van der Waals surface area contributed by atoms with Gasteiger partial charge in [-0.3, -0.25) is 0 Å². The van der Waals surface area contributed by atoms with Crippen LogP contribution in [0, 0.1) is 13.8 Å². The van der Waals surface area contributed by atoms with Gasteiger partial charge in [-0.25, -0.2) is 4.79 Å². The summed E-state index contributed by atoms with van der Waals surface area (Å²) in [6.45, 7) is 4.51. The summed E-state index contributed by atoms with van der Waals surface area (Å²) < 4.78 is 5.24. The first-order chi connectivity index (χ1) is 9.46. The predicted octanol–water partition coefficient (Wildman–Crippen LogP) is 2.23. The molecule has 1 aliphatic heterocycles. The summed E-state index contributed by atoms with van der Waals surface area (Å²) in [6.07, 6.45) is 0.607. The number of rotatable bonds is 3. The Labute approximate surface area is 123 Å². The number of carbonyl (C=O) groups excluding carboxylic acids is 1. The van der Waals surface area contributed by atoms with Crippen LogP contribution in [0.15, 0.2) is 12.1 Å². The molecule has 2 amide bonds. The minimum absolute atomic E-state index is 0.140. The molecule has 0 radical (unpaired) electrons. The van der Waals surface area contributed by atoms with E-state index in [-0.39, 0.29) is 12.6 Å². The Bertz CT molecular complexity index is 490. The summed E-state index contributed by atoms with van der Waals surface area (Å²) in [5.41, 5.74) is 1.81. The third-order valence-electron chi connectivity index (χ3n) is 3.48. The van der Waals surface area contributed by atoms with Gasteiger partial charge < -0.3 is 20.5 Å². The maximum absolute atomic E-state index is 12.0. The molecule has 110 valence electrons. The van der Waals surface area contributed by atoms with Crippen molar-refractivity contribution in [2.75, 3.05) is 25.1 Å². The number of aliphatic hydroxyl groups is 1. The van der Waals surface area contributed by atoms with Crippen molar-refractivity contribution in [2.24, 2.45) is 0 Å². The molecule has 1 fully saturated rings. The number of halogens is 1. The Balaban J connectivity index is 2.05. The quantitative estimate of drug-likeness (QED) is 0.801. The van der Waals surface area contributed by atoms with E-state index < -0.39 is 5.54 Å². The van der Waals surface area contributed by atoms with Crippen molar-refractivity contribution in [3.05, 3.63) is 28.3 Å². The summed E-state index contributed by atoms with van der Waals surface area (Å²) >= 11 is 6.09. The van der Waals surface area contributed by atoms with Crippen LogP contribution in [-0.2, 0) is 4.74 Å². The molecule has 0 unspecified atom stereocenters. The van der Waals surface area contributed by atoms with Gasteiger partial charge in [0.2, 0.25) is 0 Å². The summed E-state index contributed by atoms with van der Waals surface area (Å²) in [6, 6.07) is 3.27. The van der Waals surface area contributed by atoms with Crippen LogP contribution in [-0.4, -0.2) is 36.5 Å². The average molecular weight is 299 g/mol. The fraction of sp³-hybridized carbons (Fsp3) is 0.500. The fourth-order valence-corrected chi connectivity index (χ4v) is 2.40. The van der Waals surface area contributed by atoms with Gasteiger partial charge in [0.05, 0.1) is 18.8 Å². The molecule has 20 heavy (non-hydrogen) atoms. The number of anilines is 1. The molecule has 6 heteroatoms. The largest absolute Gasteiger partial charge is 0.394 e. The van der Waals surface area contributed by atoms with Crippen LogP contribution in [0.25, 0.3) is 0 Å². The fourth-order valence-electron chi connectivity index (χ4n) is 2.29. The highest BCUT2D eigenvalue weighted by Crippen LogP contribution is 2.24. The molecular weight excluding hydrogens is 280 g/mol. The Morgan fingerprint density at radius 3 is 2.60 bits per heavy atom. The molecule has 1 saturated heterocycles. The monoisotopic (exact) mass is 298 g/mol. The van der Waals surface area contributed by atoms with Crippen molar-refractivity contribution in [3.63, 3.8) is 0 Å². The zero-order valence-corrected chi connectivity index (χ0v) is 12.4. The summed E-state index contributed by atoms with van der Waals surface area (Å²) in [5, 5.41) is 15.7. The minimum atomic E-state index is -0.680. The number of benzene rings is 1. The lowest BCUT2D eigenvalue weighted by atomic mass is 10.0. The van der Waals surface area contributed by atoms with Crippen LogP contribution < -0.4 is 10.6 Å². The van der Waals surface area contributed by atoms with Crippen LogP contribution in [0.5, 0.6) is 0 Å². The van der Waals surface area contributed by atoms with E-state index in [1.807, 2.05) is 26.0 Å². The zero-order chi connectivity index (χ0) is 14.8. The number of hydrogen-bond acceptors (Lipinski definition) is 3. The van der Waals surface area contributed by atoms with E-state index in [0.29, 0.717) is 30.3 Å². The highest BCUT2D eigenvalue weighted by molar-refractivity contribution is 6.32. The molecule has 2 rings (SSSR count). The van der Waals surface area contributed by atoms with Crippen molar-refractivity contribution in [3.8, 4) is 0 Å². The van der Waals surface area contributed by atoms with Gasteiger partial charge in [0.25, 0.3) is 0 Å². The number of urea groups is 1. The molecule has 1 aliphatic rings. The van der Waals surface area contributed by atoms with E-state index >= 15 is 0 Å². The van der Waals surface area contributed by atoms with Crippen molar-refractivity contribution in [1.82, 2.24) is 5.32 Å². The molecule has 0 spiro atoms. The Morgan fingerprint density at radius 1 is 1.45 bits per heavy atom. The third kappa shape index (κ3) is 3.23. The van der Waals surface area contributed by atoms with E-state index in [0.717, 1.165) is 11.1 Å². The van der Waals surface area contributed by atoms with Gasteiger partial charge in [-0.15, -0.1) is 0 Å². The summed E-state index contributed by atoms with van der Waals surface area (Å²) in [7, 11) is 0. The second-order valence-electron chi connectivity index (χ2n) is 5.24. The van der Waals surface area contributed by atoms with Gasteiger partial charge in [0.15, 0.2) is 0 Å². The van der Waals surface area contributed by atoms with Gasteiger partial charge in [-0.1, -0.05) is 11.6 Å². The Morgan fingerprint density at radius 2 is 2.10 bits per heavy atom. The van der Waals surface area contributed by atoms with Crippen molar-refractivity contribution < 1.29 is 14.6 Å². The normalized spacial score (nSPS) is 21.8. The second-order valence-corrected chi connectivity index (χ2v) is 5.62. The lowest BCUT2D eigenvalue weighted by Crippen LogP contribution is -2.53. The van der Waals surface area contributed by atoms with E-state index in [9.17, 15) is 9.90 Å². The number of aryl methyl sites for hydroxylation is 2. The molecule has 0 aromatic heterocycles. The first-order valence-electron chi connectivity index (χ1n) is 6.50. The molecule has 5 nitrogen and oxygen atoms in total.